The normalized spacial score (nSPS) is 28.0. The Morgan fingerprint density at radius 3 is 2.96 bits per heavy atom. The van der Waals surface area contributed by atoms with Crippen molar-refractivity contribution in [1.29, 1.82) is 0 Å². The summed E-state index contributed by atoms with van der Waals surface area (Å²) in [5.74, 6) is 2.37. The summed E-state index contributed by atoms with van der Waals surface area (Å²) in [5.41, 5.74) is 1.23. The minimum Gasteiger partial charge on any atom is -0.342 e. The van der Waals surface area contributed by atoms with Crippen LogP contribution in [0.1, 0.15) is 50.1 Å². The molecule has 136 valence electrons. The number of nitrogens with zero attached hydrogens (tertiary/aromatic N) is 2. The number of aromatic nitrogens is 1. The molecule has 0 radical (unpaired) electrons. The van der Waals surface area contributed by atoms with Gasteiger partial charge in [-0.15, -0.1) is 0 Å². The molecule has 1 amide bonds. The first-order valence-electron chi connectivity index (χ1n) is 9.46. The van der Waals surface area contributed by atoms with Crippen LogP contribution in [-0.4, -0.2) is 39.5 Å². The standard InChI is InChI=1S/C19H26N2O2S2/c22-18(6-2-1-4-16-8-9-24-25-16)20-11-14-10-15(13-20)17-5-3-7-19(23)21(17)12-14/h3,5,7,14-16H,1-2,4,6,8-13H2/t14-,15+,16?/m1/s1. The van der Waals surface area contributed by atoms with E-state index in [1.807, 2.05) is 32.2 Å². The molecule has 0 spiro atoms. The largest absolute Gasteiger partial charge is 0.342 e. The van der Waals surface area contributed by atoms with Gasteiger partial charge in [-0.2, -0.15) is 0 Å². The molecule has 0 N–H and O–H groups in total. The Hall–Kier alpha value is -0.880. The smallest absolute Gasteiger partial charge is 0.250 e. The second kappa shape index (κ2) is 7.78. The quantitative estimate of drug-likeness (QED) is 0.581. The van der Waals surface area contributed by atoms with Crippen molar-refractivity contribution in [3.63, 3.8) is 0 Å². The molecule has 25 heavy (non-hydrogen) atoms. The Labute approximate surface area is 157 Å². The number of amides is 1. The second-order valence-corrected chi connectivity index (χ2v) is 10.4. The fraction of sp³-hybridized carbons (Fsp3) is 0.684. The van der Waals surface area contributed by atoms with E-state index in [0.717, 1.165) is 43.4 Å². The van der Waals surface area contributed by atoms with Crippen LogP contribution >= 0.6 is 21.6 Å². The lowest BCUT2D eigenvalue weighted by Crippen LogP contribution is -2.49. The van der Waals surface area contributed by atoms with E-state index < -0.39 is 0 Å². The average Bonchev–Trinajstić information content (AvgIpc) is 3.13. The topological polar surface area (TPSA) is 42.3 Å². The Morgan fingerprint density at radius 1 is 1.20 bits per heavy atom. The van der Waals surface area contributed by atoms with Crippen LogP contribution in [0.4, 0.5) is 0 Å². The maximum Gasteiger partial charge on any atom is 0.250 e. The first-order chi connectivity index (χ1) is 12.2. The summed E-state index contributed by atoms with van der Waals surface area (Å²) in [6.07, 6.45) is 6.57. The summed E-state index contributed by atoms with van der Waals surface area (Å²) >= 11 is 0. The third-order valence-corrected chi connectivity index (χ3v) is 8.73. The number of hydrogen-bond donors (Lipinski definition) is 0. The van der Waals surface area contributed by atoms with Gasteiger partial charge in [0.25, 0.3) is 5.56 Å². The van der Waals surface area contributed by atoms with Crippen molar-refractivity contribution in [3.8, 4) is 0 Å². The molecule has 2 saturated heterocycles. The molecule has 1 aromatic rings. The van der Waals surface area contributed by atoms with Gasteiger partial charge in [0.1, 0.15) is 0 Å². The molecule has 4 heterocycles. The molecule has 2 fully saturated rings. The molecule has 1 unspecified atom stereocenters. The summed E-state index contributed by atoms with van der Waals surface area (Å²) in [4.78, 5) is 26.8. The van der Waals surface area contributed by atoms with Crippen LogP contribution < -0.4 is 5.56 Å². The maximum atomic E-state index is 12.7. The molecule has 2 bridgehead atoms. The van der Waals surface area contributed by atoms with Crippen molar-refractivity contribution >= 4 is 27.5 Å². The Balaban J connectivity index is 1.30. The molecule has 0 aliphatic carbocycles. The van der Waals surface area contributed by atoms with Crippen LogP contribution in [0.2, 0.25) is 0 Å². The van der Waals surface area contributed by atoms with Crippen molar-refractivity contribution in [3.05, 3.63) is 34.2 Å². The molecule has 0 saturated carbocycles. The first kappa shape index (κ1) is 17.5. The number of hydrogen-bond acceptors (Lipinski definition) is 4. The average molecular weight is 379 g/mol. The van der Waals surface area contributed by atoms with E-state index >= 15 is 0 Å². The van der Waals surface area contributed by atoms with E-state index in [1.54, 1.807) is 6.07 Å². The number of carbonyl (C=O) groups is 1. The van der Waals surface area contributed by atoms with Crippen LogP contribution in [0.3, 0.4) is 0 Å². The van der Waals surface area contributed by atoms with Crippen molar-refractivity contribution < 1.29 is 4.79 Å². The van der Waals surface area contributed by atoms with E-state index in [4.69, 9.17) is 0 Å². The van der Waals surface area contributed by atoms with E-state index in [9.17, 15) is 9.59 Å². The predicted octanol–water partition coefficient (Wildman–Crippen LogP) is 3.51. The van der Waals surface area contributed by atoms with Crippen LogP contribution in [0.5, 0.6) is 0 Å². The highest BCUT2D eigenvalue weighted by Crippen LogP contribution is 2.40. The van der Waals surface area contributed by atoms with Gasteiger partial charge in [-0.3, -0.25) is 9.59 Å². The second-order valence-electron chi connectivity index (χ2n) is 7.57. The summed E-state index contributed by atoms with van der Waals surface area (Å²) < 4.78 is 1.93. The molecule has 1 aromatic heterocycles. The summed E-state index contributed by atoms with van der Waals surface area (Å²) in [6, 6.07) is 5.57. The minimum absolute atomic E-state index is 0.106. The molecule has 0 aromatic carbocycles. The fourth-order valence-corrected chi connectivity index (χ4v) is 7.50. The van der Waals surface area contributed by atoms with Crippen molar-refractivity contribution in [2.75, 3.05) is 18.8 Å². The van der Waals surface area contributed by atoms with Gasteiger partial charge in [0, 0.05) is 54.7 Å². The van der Waals surface area contributed by atoms with Crippen molar-refractivity contribution in [2.24, 2.45) is 5.92 Å². The fourth-order valence-electron chi connectivity index (χ4n) is 4.47. The number of fused-ring (bicyclic) bond motifs is 4. The number of piperidine rings is 1. The lowest BCUT2D eigenvalue weighted by molar-refractivity contribution is -0.134. The summed E-state index contributed by atoms with van der Waals surface area (Å²) in [6.45, 7) is 2.38. The van der Waals surface area contributed by atoms with Crippen molar-refractivity contribution in [2.45, 2.75) is 56.2 Å². The third-order valence-electron chi connectivity index (χ3n) is 5.73. The highest BCUT2D eigenvalue weighted by atomic mass is 33.1. The molecule has 6 heteroatoms. The van der Waals surface area contributed by atoms with Gasteiger partial charge in [0.2, 0.25) is 5.91 Å². The van der Waals surface area contributed by atoms with E-state index in [2.05, 4.69) is 11.0 Å². The summed E-state index contributed by atoms with van der Waals surface area (Å²) in [5, 5.41) is 0.809. The zero-order valence-corrected chi connectivity index (χ0v) is 16.2. The first-order valence-corrected chi connectivity index (χ1v) is 11.8. The molecular formula is C19H26N2O2S2. The van der Waals surface area contributed by atoms with Gasteiger partial charge < -0.3 is 9.47 Å². The highest BCUT2D eigenvalue weighted by Gasteiger charge is 2.35. The number of likely N-dealkylation sites (tertiary alicyclic amines) is 1. The number of carbonyl (C=O) groups excluding carboxylic acids is 1. The SMILES string of the molecule is O=C(CCCCC1CCSS1)N1C[C@H]2C[C@@H](C1)c1cccc(=O)n1C2. The molecule has 4 nitrogen and oxygen atoms in total. The highest BCUT2D eigenvalue weighted by molar-refractivity contribution is 8.77. The summed E-state index contributed by atoms with van der Waals surface area (Å²) in [7, 11) is 4.02. The van der Waals surface area contributed by atoms with Crippen LogP contribution in [0, 0.1) is 5.92 Å². The van der Waals surface area contributed by atoms with Gasteiger partial charge >= 0.3 is 0 Å². The molecule has 3 aliphatic rings. The number of pyridine rings is 1. The lowest BCUT2D eigenvalue weighted by Gasteiger charge is -2.42. The third kappa shape index (κ3) is 3.95. The van der Waals surface area contributed by atoms with E-state index in [0.29, 0.717) is 24.2 Å². The predicted molar refractivity (Wildman–Crippen MR) is 105 cm³/mol. The van der Waals surface area contributed by atoms with Gasteiger partial charge in [0.05, 0.1) is 0 Å². The number of rotatable bonds is 5. The zero-order chi connectivity index (χ0) is 17.2. The lowest BCUT2D eigenvalue weighted by atomic mass is 9.83. The number of unbranched alkanes of at least 4 members (excludes halogenated alkanes) is 1. The van der Waals surface area contributed by atoms with Crippen LogP contribution in [-0.2, 0) is 11.3 Å². The zero-order valence-electron chi connectivity index (χ0n) is 14.6. The van der Waals surface area contributed by atoms with Crippen LogP contribution in [0.15, 0.2) is 23.0 Å². The minimum atomic E-state index is 0.106. The van der Waals surface area contributed by atoms with E-state index in [-0.39, 0.29) is 5.56 Å². The Morgan fingerprint density at radius 2 is 2.12 bits per heavy atom. The van der Waals surface area contributed by atoms with Crippen molar-refractivity contribution in [1.82, 2.24) is 9.47 Å². The maximum absolute atomic E-state index is 12.7. The Bertz CT molecular complexity index is 684. The molecule has 4 rings (SSSR count). The van der Waals surface area contributed by atoms with Crippen LogP contribution in [0.25, 0.3) is 0 Å². The molecule has 3 aliphatic heterocycles. The van der Waals surface area contributed by atoms with E-state index in [1.165, 1.54) is 25.0 Å². The van der Waals surface area contributed by atoms with Gasteiger partial charge in [-0.1, -0.05) is 34.1 Å². The van der Waals surface area contributed by atoms with Gasteiger partial charge in [0.15, 0.2) is 0 Å². The molecular weight excluding hydrogens is 352 g/mol. The Kier molecular flexibility index (Phi) is 5.46. The molecule has 3 atom stereocenters. The van der Waals surface area contributed by atoms with Gasteiger partial charge in [-0.25, -0.2) is 0 Å². The monoisotopic (exact) mass is 378 g/mol. The van der Waals surface area contributed by atoms with Gasteiger partial charge in [-0.05, 0) is 37.7 Å².